The third kappa shape index (κ3) is 6.08. The van der Waals surface area contributed by atoms with Gasteiger partial charge in [0.2, 0.25) is 0 Å². The fourth-order valence-corrected chi connectivity index (χ4v) is 6.88. The molecule has 2 aromatic heterocycles. The van der Waals surface area contributed by atoms with E-state index in [0.29, 0.717) is 38.0 Å². The molecule has 242 valence electrons. The number of aromatic nitrogens is 3. The number of benzene rings is 1. The highest BCUT2D eigenvalue weighted by molar-refractivity contribution is 6.30. The molecule has 6 rings (SSSR count). The van der Waals surface area contributed by atoms with Crippen molar-refractivity contribution < 1.29 is 31.8 Å². The average molecular weight is 651 g/mol. The Morgan fingerprint density at radius 3 is 2.47 bits per heavy atom. The highest BCUT2D eigenvalue weighted by atomic mass is 35.5. The Morgan fingerprint density at radius 1 is 1.00 bits per heavy atom. The molecule has 0 bridgehead atoms. The summed E-state index contributed by atoms with van der Waals surface area (Å²) in [6, 6.07) is 1.66. The van der Waals surface area contributed by atoms with Gasteiger partial charge in [0.25, 0.3) is 0 Å². The number of carbonyl (C=O) groups is 1. The second-order valence-corrected chi connectivity index (χ2v) is 13.3. The summed E-state index contributed by atoms with van der Waals surface area (Å²) in [5.74, 6) is -4.55. The lowest BCUT2D eigenvalue weighted by atomic mass is 9.95. The molecule has 3 saturated heterocycles. The summed E-state index contributed by atoms with van der Waals surface area (Å²) < 4.78 is 69.2. The number of hydrogen-bond donors (Lipinski definition) is 0. The lowest BCUT2D eigenvalue weighted by molar-refractivity contribution is 0.0232. The zero-order chi connectivity index (χ0) is 32.1. The van der Waals surface area contributed by atoms with Gasteiger partial charge in [0.15, 0.2) is 34.2 Å². The topological polar surface area (TPSA) is 83.9 Å². The Morgan fingerprint density at radius 2 is 1.73 bits per heavy atom. The minimum atomic E-state index is -1.49. The van der Waals surface area contributed by atoms with Crippen LogP contribution in [0.25, 0.3) is 10.9 Å². The fourth-order valence-electron chi connectivity index (χ4n) is 6.74. The molecule has 14 heteroatoms. The van der Waals surface area contributed by atoms with Gasteiger partial charge in [-0.25, -0.2) is 32.3 Å². The van der Waals surface area contributed by atoms with Crippen molar-refractivity contribution in [2.24, 2.45) is 0 Å². The maximum atomic E-state index is 15.4. The van der Waals surface area contributed by atoms with E-state index in [1.807, 2.05) is 0 Å². The van der Waals surface area contributed by atoms with E-state index < -0.39 is 40.5 Å². The first-order valence-corrected chi connectivity index (χ1v) is 15.6. The van der Waals surface area contributed by atoms with Gasteiger partial charge in [0, 0.05) is 25.3 Å². The maximum Gasteiger partial charge on any atom is 0.429 e. The van der Waals surface area contributed by atoms with Gasteiger partial charge in [0.05, 0.1) is 10.9 Å². The summed E-state index contributed by atoms with van der Waals surface area (Å²) in [5, 5.41) is 3.02. The monoisotopic (exact) mass is 650 g/mol. The van der Waals surface area contributed by atoms with Gasteiger partial charge in [-0.15, -0.1) is 0 Å². The molecule has 9 nitrogen and oxygen atoms in total. The van der Waals surface area contributed by atoms with E-state index >= 15 is 4.39 Å². The van der Waals surface area contributed by atoms with Crippen molar-refractivity contribution in [3.05, 3.63) is 52.3 Å². The van der Waals surface area contributed by atoms with Crippen LogP contribution in [-0.4, -0.2) is 68.3 Å². The number of rotatable bonds is 5. The minimum absolute atomic E-state index is 0.106. The van der Waals surface area contributed by atoms with E-state index in [4.69, 9.17) is 21.1 Å². The normalized spacial score (nSPS) is 22.5. The van der Waals surface area contributed by atoms with Crippen LogP contribution in [0.1, 0.15) is 77.3 Å². The van der Waals surface area contributed by atoms with Crippen LogP contribution >= 0.6 is 11.6 Å². The molecule has 5 heterocycles. The van der Waals surface area contributed by atoms with Crippen LogP contribution < -0.4 is 9.75 Å². The molecule has 2 atom stereocenters. The Balaban J connectivity index is 1.33. The van der Waals surface area contributed by atoms with Crippen LogP contribution in [0.2, 0.25) is 5.15 Å². The van der Waals surface area contributed by atoms with E-state index in [2.05, 4.69) is 19.9 Å². The lowest BCUT2D eigenvalue weighted by Crippen LogP contribution is -2.49. The molecule has 3 aliphatic rings. The largest absolute Gasteiger partial charge is 0.461 e. The summed E-state index contributed by atoms with van der Waals surface area (Å²) >= 11 is 6.05. The number of hydrogen-bond acceptors (Lipinski definition) is 8. The molecule has 0 radical (unpaired) electrons. The number of nitrogens with zero attached hydrogens (tertiary/aromatic N) is 6. The first-order chi connectivity index (χ1) is 21.4. The van der Waals surface area contributed by atoms with Gasteiger partial charge in [-0.3, -0.25) is 9.91 Å². The third-order valence-corrected chi connectivity index (χ3v) is 9.02. The van der Waals surface area contributed by atoms with Crippen molar-refractivity contribution in [3.8, 4) is 6.01 Å². The molecular weight excluding hydrogens is 616 g/mol. The number of pyridine rings is 1. The van der Waals surface area contributed by atoms with Crippen LogP contribution in [-0.2, 0) is 4.74 Å². The van der Waals surface area contributed by atoms with Crippen LogP contribution in [0.15, 0.2) is 18.3 Å². The van der Waals surface area contributed by atoms with Crippen molar-refractivity contribution in [1.82, 2.24) is 24.9 Å². The number of fused-ring (bicyclic) bond motifs is 2. The smallest absolute Gasteiger partial charge is 0.429 e. The zero-order valence-electron chi connectivity index (χ0n) is 25.4. The van der Waals surface area contributed by atoms with Gasteiger partial charge in [-0.2, -0.15) is 9.97 Å². The van der Waals surface area contributed by atoms with Gasteiger partial charge in [-0.1, -0.05) is 11.6 Å². The first-order valence-electron chi connectivity index (χ1n) is 15.2. The predicted molar refractivity (Wildman–Crippen MR) is 159 cm³/mol. The second-order valence-electron chi connectivity index (χ2n) is 12.9. The van der Waals surface area contributed by atoms with Crippen molar-refractivity contribution in [3.63, 3.8) is 0 Å². The molecule has 1 aromatic carbocycles. The Bertz CT molecular complexity index is 1600. The van der Waals surface area contributed by atoms with Gasteiger partial charge < -0.3 is 9.47 Å². The quantitative estimate of drug-likeness (QED) is 0.164. The Labute approximate surface area is 263 Å². The highest BCUT2D eigenvalue weighted by Gasteiger charge is 2.50. The molecule has 0 spiro atoms. The van der Waals surface area contributed by atoms with Crippen LogP contribution in [0.5, 0.6) is 6.01 Å². The van der Waals surface area contributed by atoms with Gasteiger partial charge in [0.1, 0.15) is 17.7 Å². The van der Waals surface area contributed by atoms with Crippen LogP contribution in [0.3, 0.4) is 0 Å². The number of anilines is 1. The summed E-state index contributed by atoms with van der Waals surface area (Å²) in [6.07, 6.45) is 5.97. The van der Waals surface area contributed by atoms with E-state index in [1.54, 1.807) is 25.8 Å². The first kappa shape index (κ1) is 31.5. The maximum absolute atomic E-state index is 15.4. The third-order valence-electron chi connectivity index (χ3n) is 8.75. The molecule has 0 aliphatic carbocycles. The second kappa shape index (κ2) is 12.1. The van der Waals surface area contributed by atoms with Crippen LogP contribution in [0.4, 0.5) is 28.2 Å². The van der Waals surface area contributed by atoms with Crippen molar-refractivity contribution in [2.75, 3.05) is 31.3 Å². The van der Waals surface area contributed by atoms with Crippen molar-refractivity contribution >= 4 is 34.4 Å². The van der Waals surface area contributed by atoms with Crippen LogP contribution in [0, 0.1) is 23.3 Å². The molecule has 1 amide bonds. The number of amides is 1. The summed E-state index contributed by atoms with van der Waals surface area (Å²) in [4.78, 5) is 28.5. The van der Waals surface area contributed by atoms with E-state index in [9.17, 15) is 18.0 Å². The molecule has 45 heavy (non-hydrogen) atoms. The standard InChI is InChI=1S/C31H35ClF4N6O3/c1-30(2,3)45-29(43)42-13-6-4-5-12-41(42)27-19-16-37-26(32)24(36)25(19)38-28(39-27)44-17-31-9-7-11-40(31)22(8-10-31)18-14-20(33)23(35)21(34)15-18/h14-16,22H,4-13,17H2,1-3H3/t22-,31+/m0/s1. The zero-order valence-corrected chi connectivity index (χ0v) is 26.1. The van der Waals surface area contributed by atoms with E-state index in [-0.39, 0.29) is 40.5 Å². The van der Waals surface area contributed by atoms with E-state index in [0.717, 1.165) is 44.2 Å². The number of carbonyl (C=O) groups excluding carboxylic acids is 1. The summed E-state index contributed by atoms with van der Waals surface area (Å²) in [5.41, 5.74) is -0.975. The molecule has 3 fully saturated rings. The Kier molecular flexibility index (Phi) is 8.44. The summed E-state index contributed by atoms with van der Waals surface area (Å²) in [6.45, 7) is 6.89. The average Bonchev–Trinajstić information content (AvgIpc) is 3.44. The molecular formula is C31H35ClF4N6O3. The van der Waals surface area contributed by atoms with Gasteiger partial charge in [-0.05, 0) is 90.0 Å². The molecule has 3 aliphatic heterocycles. The minimum Gasteiger partial charge on any atom is -0.461 e. The predicted octanol–water partition coefficient (Wildman–Crippen LogP) is 7.13. The van der Waals surface area contributed by atoms with Crippen molar-refractivity contribution in [1.29, 1.82) is 0 Å². The van der Waals surface area contributed by atoms with Crippen molar-refractivity contribution in [2.45, 2.75) is 82.9 Å². The molecule has 0 N–H and O–H groups in total. The number of hydrazine groups is 1. The number of halogens is 5. The highest BCUT2D eigenvalue weighted by Crippen LogP contribution is 2.49. The summed E-state index contributed by atoms with van der Waals surface area (Å²) in [7, 11) is 0. The van der Waals surface area contributed by atoms with Gasteiger partial charge >= 0.3 is 12.1 Å². The SMILES string of the molecule is CC(C)(C)OC(=O)N1CCCCCN1c1nc(OC[C@]23CCCN2[C@H](c2cc(F)c(F)c(F)c2)CC3)nc2c(F)c(Cl)ncc12. The number of ether oxygens (including phenoxy) is 2. The molecule has 3 aromatic rings. The Hall–Kier alpha value is -3.45. The lowest BCUT2D eigenvalue weighted by Gasteiger charge is -2.36. The molecule has 0 saturated carbocycles. The fraction of sp³-hybridized carbons (Fsp3) is 0.548. The van der Waals surface area contributed by atoms with E-state index in [1.165, 1.54) is 11.2 Å². The molecule has 0 unspecified atom stereocenters.